The second kappa shape index (κ2) is 6.20. The maximum Gasteiger partial charge on any atom is 0.230 e. The second-order valence-electron chi connectivity index (χ2n) is 5.82. The molecule has 110 valence electrons. The van der Waals surface area contributed by atoms with E-state index in [1.54, 1.807) is 11.3 Å². The minimum atomic E-state index is 0.0706. The normalized spacial score (nSPS) is 27.6. The van der Waals surface area contributed by atoms with E-state index in [1.165, 1.54) is 17.7 Å². The average Bonchev–Trinajstić information content (AvgIpc) is 3.09. The number of carbonyl (C=O) groups excluding carboxylic acids is 1. The Balaban J connectivity index is 1.60. The van der Waals surface area contributed by atoms with Gasteiger partial charge in [0.2, 0.25) is 5.91 Å². The highest BCUT2D eigenvalue weighted by molar-refractivity contribution is 7.15. The lowest BCUT2D eigenvalue weighted by Crippen LogP contribution is -2.27. The van der Waals surface area contributed by atoms with Gasteiger partial charge in [-0.3, -0.25) is 4.79 Å². The smallest absolute Gasteiger partial charge is 0.230 e. The molecular formula is C14H22N4OS. The maximum atomic E-state index is 12.2. The molecular weight excluding hydrogens is 272 g/mol. The molecule has 0 bridgehead atoms. The van der Waals surface area contributed by atoms with Gasteiger partial charge in [0, 0.05) is 17.6 Å². The van der Waals surface area contributed by atoms with E-state index in [-0.39, 0.29) is 11.8 Å². The first-order valence-electron chi connectivity index (χ1n) is 7.42. The fourth-order valence-electron chi connectivity index (χ4n) is 3.00. The first kappa shape index (κ1) is 14.0. The van der Waals surface area contributed by atoms with E-state index < -0.39 is 0 Å². The fourth-order valence-corrected chi connectivity index (χ4v) is 3.99. The highest BCUT2D eigenvalue weighted by atomic mass is 32.1. The van der Waals surface area contributed by atoms with Crippen molar-refractivity contribution in [3.63, 3.8) is 0 Å². The molecule has 3 N–H and O–H groups in total. The van der Waals surface area contributed by atoms with Crippen molar-refractivity contribution in [1.29, 1.82) is 0 Å². The van der Waals surface area contributed by atoms with Crippen LogP contribution in [0.3, 0.4) is 0 Å². The molecule has 0 aliphatic carbocycles. The zero-order valence-electron chi connectivity index (χ0n) is 11.8. The third-order valence-electron chi connectivity index (χ3n) is 4.35. The van der Waals surface area contributed by atoms with Crippen LogP contribution in [0.4, 0.5) is 5.13 Å². The van der Waals surface area contributed by atoms with Crippen molar-refractivity contribution in [2.75, 3.05) is 31.5 Å². The van der Waals surface area contributed by atoms with Crippen molar-refractivity contribution in [3.05, 3.63) is 11.1 Å². The third-order valence-corrected chi connectivity index (χ3v) is 5.42. The standard InChI is InChI=1S/C14H22N4OS/c1-9-6-16-7-11(9)13(19)18-14-17-8-12(20-14)10-2-4-15-5-3-10/h8-11,15-16H,2-7H2,1H3,(H,17,18,19)/t9-,11-/m1/s1. The monoisotopic (exact) mass is 294 g/mol. The summed E-state index contributed by atoms with van der Waals surface area (Å²) < 4.78 is 0. The van der Waals surface area contributed by atoms with Crippen LogP contribution < -0.4 is 16.0 Å². The number of piperidine rings is 1. The van der Waals surface area contributed by atoms with E-state index in [0.717, 1.165) is 31.3 Å². The zero-order chi connectivity index (χ0) is 13.9. The van der Waals surface area contributed by atoms with Crippen molar-refractivity contribution in [1.82, 2.24) is 15.6 Å². The lowest BCUT2D eigenvalue weighted by molar-refractivity contribution is -0.120. The summed E-state index contributed by atoms with van der Waals surface area (Å²) >= 11 is 1.64. The zero-order valence-corrected chi connectivity index (χ0v) is 12.6. The van der Waals surface area contributed by atoms with Gasteiger partial charge in [0.25, 0.3) is 0 Å². The summed E-state index contributed by atoms with van der Waals surface area (Å²) in [6.45, 7) is 5.98. The summed E-state index contributed by atoms with van der Waals surface area (Å²) in [6.07, 6.45) is 4.27. The summed E-state index contributed by atoms with van der Waals surface area (Å²) in [6, 6.07) is 0. The van der Waals surface area contributed by atoms with E-state index in [2.05, 4.69) is 27.9 Å². The molecule has 2 atom stereocenters. The number of aromatic nitrogens is 1. The first-order chi connectivity index (χ1) is 9.74. The Morgan fingerprint density at radius 1 is 1.35 bits per heavy atom. The Morgan fingerprint density at radius 2 is 2.15 bits per heavy atom. The molecule has 0 radical (unpaired) electrons. The largest absolute Gasteiger partial charge is 0.317 e. The molecule has 3 heterocycles. The van der Waals surface area contributed by atoms with Crippen LogP contribution in [0.2, 0.25) is 0 Å². The molecule has 0 aromatic carbocycles. The van der Waals surface area contributed by atoms with Crippen LogP contribution in [0.25, 0.3) is 0 Å². The van der Waals surface area contributed by atoms with Crippen LogP contribution in [0.1, 0.15) is 30.6 Å². The highest BCUT2D eigenvalue weighted by Gasteiger charge is 2.30. The second-order valence-corrected chi connectivity index (χ2v) is 6.89. The van der Waals surface area contributed by atoms with Crippen LogP contribution in [0, 0.1) is 11.8 Å². The maximum absolute atomic E-state index is 12.2. The van der Waals surface area contributed by atoms with Gasteiger partial charge in [-0.15, -0.1) is 11.3 Å². The predicted molar refractivity (Wildman–Crippen MR) is 81.1 cm³/mol. The molecule has 6 heteroatoms. The quantitative estimate of drug-likeness (QED) is 0.788. The number of hydrogen-bond donors (Lipinski definition) is 3. The molecule has 2 fully saturated rings. The summed E-state index contributed by atoms with van der Waals surface area (Å²) in [5.74, 6) is 1.18. The van der Waals surface area contributed by atoms with Crippen LogP contribution in [-0.4, -0.2) is 37.1 Å². The molecule has 20 heavy (non-hydrogen) atoms. The summed E-state index contributed by atoms with van der Waals surface area (Å²) in [5, 5.41) is 10.4. The van der Waals surface area contributed by atoms with Gasteiger partial charge in [0.1, 0.15) is 0 Å². The van der Waals surface area contributed by atoms with E-state index in [4.69, 9.17) is 0 Å². The van der Waals surface area contributed by atoms with Gasteiger partial charge in [-0.1, -0.05) is 6.92 Å². The molecule has 1 aromatic rings. The Hall–Kier alpha value is -0.980. The number of hydrogen-bond acceptors (Lipinski definition) is 5. The van der Waals surface area contributed by atoms with E-state index in [9.17, 15) is 4.79 Å². The Bertz CT molecular complexity index is 469. The number of nitrogens with zero attached hydrogens (tertiary/aromatic N) is 1. The molecule has 3 rings (SSSR count). The molecule has 0 spiro atoms. The number of anilines is 1. The lowest BCUT2D eigenvalue weighted by Gasteiger charge is -2.20. The number of amides is 1. The van der Waals surface area contributed by atoms with Gasteiger partial charge in [-0.2, -0.15) is 0 Å². The van der Waals surface area contributed by atoms with Crippen molar-refractivity contribution in [2.24, 2.45) is 11.8 Å². The van der Waals surface area contributed by atoms with Crippen molar-refractivity contribution in [2.45, 2.75) is 25.7 Å². The molecule has 1 aromatic heterocycles. The van der Waals surface area contributed by atoms with Crippen molar-refractivity contribution < 1.29 is 4.79 Å². The summed E-state index contributed by atoms with van der Waals surface area (Å²) in [7, 11) is 0. The predicted octanol–water partition coefficient (Wildman–Crippen LogP) is 1.40. The van der Waals surface area contributed by atoms with Crippen molar-refractivity contribution in [3.8, 4) is 0 Å². The average molecular weight is 294 g/mol. The number of thiazole rings is 1. The molecule has 2 aliphatic heterocycles. The first-order valence-corrected chi connectivity index (χ1v) is 8.23. The van der Waals surface area contributed by atoms with Gasteiger partial charge in [-0.25, -0.2) is 4.98 Å². The molecule has 2 aliphatic rings. The molecule has 2 saturated heterocycles. The van der Waals surface area contributed by atoms with Gasteiger partial charge < -0.3 is 16.0 Å². The summed E-state index contributed by atoms with van der Waals surface area (Å²) in [4.78, 5) is 17.9. The van der Waals surface area contributed by atoms with Gasteiger partial charge in [0.15, 0.2) is 5.13 Å². The van der Waals surface area contributed by atoms with Crippen LogP contribution in [0.15, 0.2) is 6.20 Å². The van der Waals surface area contributed by atoms with Crippen LogP contribution in [-0.2, 0) is 4.79 Å². The molecule has 1 amide bonds. The van der Waals surface area contributed by atoms with Gasteiger partial charge in [0.05, 0.1) is 5.92 Å². The Kier molecular flexibility index (Phi) is 4.33. The minimum Gasteiger partial charge on any atom is -0.317 e. The fraction of sp³-hybridized carbons (Fsp3) is 0.714. The minimum absolute atomic E-state index is 0.0706. The molecule has 5 nitrogen and oxygen atoms in total. The topological polar surface area (TPSA) is 66.0 Å². The van der Waals surface area contributed by atoms with Crippen LogP contribution >= 0.6 is 11.3 Å². The number of rotatable bonds is 3. The Labute approximate surface area is 123 Å². The number of carbonyl (C=O) groups is 1. The number of nitrogens with one attached hydrogen (secondary N) is 3. The van der Waals surface area contributed by atoms with E-state index in [1.807, 2.05) is 6.20 Å². The van der Waals surface area contributed by atoms with Gasteiger partial charge in [-0.05, 0) is 44.3 Å². The lowest BCUT2D eigenvalue weighted by atomic mass is 9.97. The summed E-state index contributed by atoms with van der Waals surface area (Å²) in [5.41, 5.74) is 0. The van der Waals surface area contributed by atoms with Gasteiger partial charge >= 0.3 is 0 Å². The highest BCUT2D eigenvalue weighted by Crippen LogP contribution is 2.32. The Morgan fingerprint density at radius 3 is 2.85 bits per heavy atom. The van der Waals surface area contributed by atoms with E-state index >= 15 is 0 Å². The molecule has 0 saturated carbocycles. The van der Waals surface area contributed by atoms with Crippen LogP contribution in [0.5, 0.6) is 0 Å². The third kappa shape index (κ3) is 3.02. The molecule has 0 unspecified atom stereocenters. The van der Waals surface area contributed by atoms with E-state index in [0.29, 0.717) is 11.8 Å². The van der Waals surface area contributed by atoms with Crippen molar-refractivity contribution >= 4 is 22.4 Å². The SMILES string of the molecule is C[C@@H]1CNC[C@H]1C(=O)Nc1ncc(C2CCNCC2)s1.